The number of ether oxygens (including phenoxy) is 1. The first kappa shape index (κ1) is 14.1. The number of carbonyl (C=O) groups is 1. The van der Waals surface area contributed by atoms with Crippen molar-refractivity contribution < 1.29 is 19.7 Å². The zero-order valence-electron chi connectivity index (χ0n) is 11.1. The fourth-order valence-electron chi connectivity index (χ4n) is 1.87. The molecule has 4 nitrogen and oxygen atoms in total. The fourth-order valence-corrected chi connectivity index (χ4v) is 1.87. The van der Waals surface area contributed by atoms with Gasteiger partial charge in [-0.3, -0.25) is 0 Å². The van der Waals surface area contributed by atoms with Crippen molar-refractivity contribution in [2.45, 2.75) is 12.5 Å². The van der Waals surface area contributed by atoms with Crippen molar-refractivity contribution in [3.05, 3.63) is 65.7 Å². The lowest BCUT2D eigenvalue weighted by Crippen LogP contribution is -2.29. The molecule has 0 radical (unpaired) electrons. The van der Waals surface area contributed by atoms with E-state index < -0.39 is 11.6 Å². The van der Waals surface area contributed by atoms with Crippen LogP contribution in [0.25, 0.3) is 0 Å². The largest absolute Gasteiger partial charge is 0.489 e. The van der Waals surface area contributed by atoms with Gasteiger partial charge in [0.15, 0.2) is 0 Å². The van der Waals surface area contributed by atoms with Gasteiger partial charge in [0.1, 0.15) is 23.5 Å². The summed E-state index contributed by atoms with van der Waals surface area (Å²) < 4.78 is 5.49. The number of carboxylic acids is 1. The van der Waals surface area contributed by atoms with Crippen LogP contribution in [-0.2, 0) is 5.60 Å². The van der Waals surface area contributed by atoms with Gasteiger partial charge in [-0.1, -0.05) is 42.5 Å². The lowest BCUT2D eigenvalue weighted by molar-refractivity contribution is 0.00702. The number of hydrogen-bond donors (Lipinski definition) is 2. The van der Waals surface area contributed by atoms with Crippen molar-refractivity contribution in [3.8, 4) is 5.75 Å². The zero-order chi connectivity index (χ0) is 14.6. The molecule has 0 aliphatic carbocycles. The number of benzene rings is 2. The van der Waals surface area contributed by atoms with Crippen LogP contribution in [0.3, 0.4) is 0 Å². The molecule has 0 heterocycles. The van der Waals surface area contributed by atoms with Gasteiger partial charge in [0.2, 0.25) is 0 Å². The molecule has 0 saturated heterocycles. The minimum Gasteiger partial charge on any atom is -0.489 e. The van der Waals surface area contributed by atoms with Gasteiger partial charge in [-0.05, 0) is 24.6 Å². The Morgan fingerprint density at radius 3 is 2.35 bits per heavy atom. The lowest BCUT2D eigenvalue weighted by atomic mass is 9.97. The van der Waals surface area contributed by atoms with E-state index in [-0.39, 0.29) is 17.9 Å². The minimum absolute atomic E-state index is 0.0265. The molecule has 2 N–H and O–H groups in total. The first-order valence-corrected chi connectivity index (χ1v) is 6.24. The van der Waals surface area contributed by atoms with Crippen LogP contribution < -0.4 is 4.74 Å². The summed E-state index contributed by atoms with van der Waals surface area (Å²) in [7, 11) is 0. The molecule has 2 rings (SSSR count). The van der Waals surface area contributed by atoms with Crippen molar-refractivity contribution in [1.82, 2.24) is 0 Å². The molecule has 0 bridgehead atoms. The summed E-state index contributed by atoms with van der Waals surface area (Å²) in [4.78, 5) is 11.1. The summed E-state index contributed by atoms with van der Waals surface area (Å²) in [6.45, 7) is 1.60. The van der Waals surface area contributed by atoms with Crippen LogP contribution in [0.5, 0.6) is 5.75 Å². The fraction of sp³-hybridized carbons (Fsp3) is 0.188. The summed E-state index contributed by atoms with van der Waals surface area (Å²) in [6, 6.07) is 15.5. The Bertz CT molecular complexity index is 590. The highest BCUT2D eigenvalue weighted by atomic mass is 16.5. The van der Waals surface area contributed by atoms with E-state index in [2.05, 4.69) is 0 Å². The number of carboxylic acid groups (broad SMARTS) is 1. The van der Waals surface area contributed by atoms with Gasteiger partial charge in [0, 0.05) is 0 Å². The number of hydrogen-bond acceptors (Lipinski definition) is 3. The first-order chi connectivity index (χ1) is 9.50. The van der Waals surface area contributed by atoms with Crippen molar-refractivity contribution in [1.29, 1.82) is 0 Å². The highest BCUT2D eigenvalue weighted by molar-refractivity contribution is 5.90. The molecule has 0 aliphatic rings. The van der Waals surface area contributed by atoms with E-state index in [0.717, 1.165) is 0 Å². The molecular weight excluding hydrogens is 256 g/mol. The Kier molecular flexibility index (Phi) is 4.05. The van der Waals surface area contributed by atoms with Crippen LogP contribution in [0.1, 0.15) is 22.8 Å². The smallest absolute Gasteiger partial charge is 0.339 e. The van der Waals surface area contributed by atoms with E-state index in [1.165, 1.54) is 6.07 Å². The maximum absolute atomic E-state index is 11.1. The minimum atomic E-state index is -1.19. The van der Waals surface area contributed by atoms with E-state index in [4.69, 9.17) is 9.84 Å². The molecule has 0 spiro atoms. The molecule has 2 aromatic rings. The molecule has 4 heteroatoms. The predicted octanol–water partition coefficient (Wildman–Crippen LogP) is 2.67. The summed E-state index contributed by atoms with van der Waals surface area (Å²) in [5, 5.41) is 19.5. The molecule has 1 atom stereocenters. The van der Waals surface area contributed by atoms with Crippen molar-refractivity contribution in [3.63, 3.8) is 0 Å². The Morgan fingerprint density at radius 1 is 1.10 bits per heavy atom. The maximum atomic E-state index is 11.1. The maximum Gasteiger partial charge on any atom is 0.339 e. The molecule has 0 saturated carbocycles. The lowest BCUT2D eigenvalue weighted by Gasteiger charge is -2.24. The van der Waals surface area contributed by atoms with Crippen molar-refractivity contribution >= 4 is 5.97 Å². The molecule has 0 fully saturated rings. The molecule has 104 valence electrons. The van der Waals surface area contributed by atoms with E-state index >= 15 is 0 Å². The van der Waals surface area contributed by atoms with Gasteiger partial charge >= 0.3 is 5.97 Å². The molecule has 1 unspecified atom stereocenters. The molecule has 0 aliphatic heterocycles. The van der Waals surface area contributed by atoms with E-state index in [1.54, 1.807) is 37.3 Å². The second-order valence-corrected chi connectivity index (χ2v) is 4.73. The van der Waals surface area contributed by atoms with Gasteiger partial charge < -0.3 is 14.9 Å². The number of aromatic carboxylic acids is 1. The zero-order valence-corrected chi connectivity index (χ0v) is 11.1. The van der Waals surface area contributed by atoms with Crippen LogP contribution in [0.15, 0.2) is 54.6 Å². The Morgan fingerprint density at radius 2 is 1.70 bits per heavy atom. The topological polar surface area (TPSA) is 66.8 Å². The number of rotatable bonds is 5. The second kappa shape index (κ2) is 5.75. The molecular formula is C16H16O4. The normalized spacial score (nSPS) is 13.5. The van der Waals surface area contributed by atoms with Crippen LogP contribution in [0, 0.1) is 0 Å². The Balaban J connectivity index is 2.15. The average Bonchev–Trinajstić information content (AvgIpc) is 2.46. The first-order valence-electron chi connectivity index (χ1n) is 6.24. The van der Waals surface area contributed by atoms with Gasteiger partial charge in [0.05, 0.1) is 0 Å². The van der Waals surface area contributed by atoms with Gasteiger partial charge in [0.25, 0.3) is 0 Å². The molecule has 20 heavy (non-hydrogen) atoms. The summed E-state index contributed by atoms with van der Waals surface area (Å²) in [6.07, 6.45) is 0. The highest BCUT2D eigenvalue weighted by Gasteiger charge is 2.24. The standard InChI is InChI=1S/C16H16O4/c1-16(19,12-7-3-2-4-8-12)11-20-14-10-6-5-9-13(14)15(17)18/h2-10,19H,11H2,1H3,(H,17,18). The molecule has 2 aromatic carbocycles. The van der Waals surface area contributed by atoms with Gasteiger partial charge in [-0.2, -0.15) is 0 Å². The van der Waals surface area contributed by atoms with Gasteiger partial charge in [-0.25, -0.2) is 4.79 Å². The molecule has 0 aromatic heterocycles. The van der Waals surface area contributed by atoms with Crippen LogP contribution in [0.2, 0.25) is 0 Å². The number of para-hydroxylation sites is 1. The molecule has 0 amide bonds. The summed E-state index contributed by atoms with van der Waals surface area (Å²) in [5.74, 6) is -0.809. The van der Waals surface area contributed by atoms with Crippen LogP contribution in [-0.4, -0.2) is 22.8 Å². The highest BCUT2D eigenvalue weighted by Crippen LogP contribution is 2.24. The quantitative estimate of drug-likeness (QED) is 0.878. The third kappa shape index (κ3) is 3.16. The van der Waals surface area contributed by atoms with Crippen molar-refractivity contribution in [2.75, 3.05) is 6.61 Å². The summed E-state index contributed by atoms with van der Waals surface area (Å²) >= 11 is 0. The van der Waals surface area contributed by atoms with E-state index in [1.807, 2.05) is 18.2 Å². The average molecular weight is 272 g/mol. The predicted molar refractivity (Wildman–Crippen MR) is 74.9 cm³/mol. The third-order valence-corrected chi connectivity index (χ3v) is 3.02. The SMILES string of the molecule is CC(O)(COc1ccccc1C(=O)O)c1ccccc1. The van der Waals surface area contributed by atoms with Crippen LogP contribution >= 0.6 is 0 Å². The van der Waals surface area contributed by atoms with E-state index in [9.17, 15) is 9.90 Å². The third-order valence-electron chi connectivity index (χ3n) is 3.02. The van der Waals surface area contributed by atoms with Crippen LogP contribution in [0.4, 0.5) is 0 Å². The number of aliphatic hydroxyl groups is 1. The monoisotopic (exact) mass is 272 g/mol. The second-order valence-electron chi connectivity index (χ2n) is 4.73. The van der Waals surface area contributed by atoms with E-state index in [0.29, 0.717) is 5.56 Å². The Labute approximate surface area is 117 Å². The Hall–Kier alpha value is -2.33. The van der Waals surface area contributed by atoms with Crippen molar-refractivity contribution in [2.24, 2.45) is 0 Å². The summed E-state index contributed by atoms with van der Waals surface area (Å²) in [5.41, 5.74) is -0.392. The van der Waals surface area contributed by atoms with Gasteiger partial charge in [-0.15, -0.1) is 0 Å².